The van der Waals surface area contributed by atoms with Crippen LogP contribution in [-0.4, -0.2) is 63.6 Å². The van der Waals surface area contributed by atoms with Crippen LogP contribution in [0.15, 0.2) is 64.9 Å². The van der Waals surface area contributed by atoms with Gasteiger partial charge in [0.15, 0.2) is 11.5 Å². The van der Waals surface area contributed by atoms with Gasteiger partial charge < -0.3 is 28.8 Å². The highest BCUT2D eigenvalue weighted by atomic mass is 32.2. The third-order valence-corrected chi connectivity index (χ3v) is 6.78. The van der Waals surface area contributed by atoms with Crippen LogP contribution in [-0.2, 0) is 4.79 Å². The zero-order valence-electron chi connectivity index (χ0n) is 23.1. The van der Waals surface area contributed by atoms with E-state index in [4.69, 9.17) is 23.7 Å². The van der Waals surface area contributed by atoms with Crippen LogP contribution in [0.4, 0.5) is 0 Å². The highest BCUT2D eigenvalue weighted by Crippen LogP contribution is 2.40. The van der Waals surface area contributed by atoms with Gasteiger partial charge in [0.05, 0.1) is 58.2 Å². The maximum atomic E-state index is 12.6. The number of para-hydroxylation sites is 1. The van der Waals surface area contributed by atoms with Crippen LogP contribution in [0.1, 0.15) is 5.56 Å². The molecule has 0 aliphatic rings. The zero-order valence-corrected chi connectivity index (χ0v) is 23.9. The molecule has 0 fully saturated rings. The van der Waals surface area contributed by atoms with Crippen LogP contribution < -0.4 is 38.8 Å². The number of carbonyl (C=O) groups excluding carboxylic acids is 1. The standard InChI is InChI=1S/C28H29N5O7S/c1-36-20-11-17(12-21(37-2)25(20)35)15-29-30-24(34)16-41-28-32-31-27(33(28)19-9-7-6-8-10-19)18-13-22(38-3)26(40-5)23(14-18)39-4/h6-15H,16H2,1-5H3,(H2,29,30,34,35). The number of amides is 1. The van der Waals surface area contributed by atoms with E-state index in [1.54, 1.807) is 21.3 Å². The number of hydrogen-bond acceptors (Lipinski definition) is 10. The molecule has 214 valence electrons. The van der Waals surface area contributed by atoms with Crippen molar-refractivity contribution in [1.29, 1.82) is 0 Å². The third kappa shape index (κ3) is 6.47. The molecule has 1 aromatic heterocycles. The number of methoxy groups -OCH3 is 5. The van der Waals surface area contributed by atoms with Crippen molar-refractivity contribution in [3.63, 3.8) is 0 Å². The van der Waals surface area contributed by atoms with Gasteiger partial charge >= 0.3 is 5.16 Å². The van der Waals surface area contributed by atoms with E-state index in [2.05, 4.69) is 20.7 Å². The summed E-state index contributed by atoms with van der Waals surface area (Å²) >= 11 is 1.22. The number of hydrogen-bond donors (Lipinski definition) is 2. The van der Waals surface area contributed by atoms with E-state index in [1.807, 2.05) is 47.0 Å². The molecule has 1 amide bonds. The molecule has 0 aliphatic heterocycles. The number of carbonyl (C=O) groups is 1. The topological polar surface area (TPSA) is 143 Å². The summed E-state index contributed by atoms with van der Waals surface area (Å²) in [4.78, 5) is 12.6. The Labute approximate surface area is 240 Å². The summed E-state index contributed by atoms with van der Waals surface area (Å²) in [5.41, 5.74) is 4.57. The van der Waals surface area contributed by atoms with Crippen LogP contribution >= 0.6 is 11.8 Å². The number of nitrogens with zero attached hydrogens (tertiary/aromatic N) is 3. The summed E-state index contributed by atoms with van der Waals surface area (Å²) in [6.45, 7) is 0. The minimum absolute atomic E-state index is 0.0237. The average Bonchev–Trinajstić information content (AvgIpc) is 3.44. The van der Waals surface area contributed by atoms with E-state index in [0.717, 1.165) is 11.3 Å². The molecular formula is C28H29N5O7S. The molecule has 0 saturated heterocycles. The van der Waals surface area contributed by atoms with Gasteiger partial charge in [-0.05, 0) is 53.9 Å². The monoisotopic (exact) mass is 579 g/mol. The van der Waals surface area contributed by atoms with Crippen molar-refractivity contribution in [2.75, 3.05) is 41.3 Å². The van der Waals surface area contributed by atoms with Crippen molar-refractivity contribution < 1.29 is 38.2 Å². The van der Waals surface area contributed by atoms with Crippen molar-refractivity contribution >= 4 is 23.9 Å². The first kappa shape index (κ1) is 29.1. The maximum absolute atomic E-state index is 12.6. The quantitative estimate of drug-likeness (QED) is 0.112. The van der Waals surface area contributed by atoms with Crippen molar-refractivity contribution in [3.05, 3.63) is 60.2 Å². The van der Waals surface area contributed by atoms with Gasteiger partial charge in [0.25, 0.3) is 11.7 Å². The minimum atomic E-state index is -0.371. The normalized spacial score (nSPS) is 10.9. The van der Waals surface area contributed by atoms with E-state index in [-0.39, 0.29) is 28.9 Å². The van der Waals surface area contributed by atoms with E-state index < -0.39 is 0 Å². The Balaban J connectivity index is 1.56. The second-order valence-corrected chi connectivity index (χ2v) is 9.22. The number of hydrazone groups is 1. The van der Waals surface area contributed by atoms with E-state index in [0.29, 0.717) is 33.8 Å². The zero-order chi connectivity index (χ0) is 29.4. The predicted molar refractivity (Wildman–Crippen MR) is 151 cm³/mol. The van der Waals surface area contributed by atoms with Gasteiger partial charge in [-0.25, -0.2) is 5.43 Å². The second-order valence-electron chi connectivity index (χ2n) is 8.28. The average molecular weight is 580 g/mol. The first-order chi connectivity index (χ1) is 19.9. The molecule has 0 radical (unpaired) electrons. The van der Waals surface area contributed by atoms with E-state index >= 15 is 0 Å². The van der Waals surface area contributed by atoms with Gasteiger partial charge in [0, 0.05) is 5.56 Å². The van der Waals surface area contributed by atoms with Crippen molar-refractivity contribution in [2.45, 2.75) is 5.16 Å². The number of thioether (sulfide) groups is 1. The van der Waals surface area contributed by atoms with Crippen LogP contribution in [0.3, 0.4) is 0 Å². The Morgan fingerprint density at radius 2 is 1.56 bits per heavy atom. The van der Waals surface area contributed by atoms with Gasteiger partial charge in [0.1, 0.15) is 17.2 Å². The number of nitrogens with one attached hydrogen (secondary N) is 2. The number of aromatic amines is 1. The lowest BCUT2D eigenvalue weighted by Gasteiger charge is -2.17. The summed E-state index contributed by atoms with van der Waals surface area (Å²) in [6.07, 6.45) is 1.40. The van der Waals surface area contributed by atoms with Crippen LogP contribution in [0, 0.1) is 0 Å². The van der Waals surface area contributed by atoms with Gasteiger partial charge in [0.2, 0.25) is 5.75 Å². The van der Waals surface area contributed by atoms with Crippen molar-refractivity contribution in [2.24, 2.45) is 5.10 Å². The van der Waals surface area contributed by atoms with Gasteiger partial charge in [-0.3, -0.25) is 4.79 Å². The molecule has 0 spiro atoms. The van der Waals surface area contributed by atoms with Crippen molar-refractivity contribution in [1.82, 2.24) is 15.6 Å². The molecule has 0 bridgehead atoms. The lowest BCUT2D eigenvalue weighted by molar-refractivity contribution is -0.625. The number of benzene rings is 3. The third-order valence-electron chi connectivity index (χ3n) is 5.84. The minimum Gasteiger partial charge on any atom is -0.867 e. The first-order valence-electron chi connectivity index (χ1n) is 12.2. The molecule has 41 heavy (non-hydrogen) atoms. The summed E-state index contributed by atoms with van der Waals surface area (Å²) in [6, 6.07) is 16.2. The molecule has 0 atom stereocenters. The largest absolute Gasteiger partial charge is 0.867 e. The van der Waals surface area contributed by atoms with E-state index in [1.165, 1.54) is 44.3 Å². The Morgan fingerprint density at radius 1 is 0.951 bits per heavy atom. The molecule has 0 aliphatic carbocycles. The van der Waals surface area contributed by atoms with Crippen molar-refractivity contribution in [3.8, 4) is 51.6 Å². The molecule has 1 heterocycles. The van der Waals surface area contributed by atoms with Crippen LogP contribution in [0.5, 0.6) is 34.5 Å². The maximum Gasteiger partial charge on any atom is 0.342 e. The number of H-pyrrole nitrogens is 1. The Hall–Kier alpha value is -4.91. The van der Waals surface area contributed by atoms with E-state index in [9.17, 15) is 9.90 Å². The number of ether oxygens (including phenoxy) is 5. The summed E-state index contributed by atoms with van der Waals surface area (Å²) in [5.74, 6) is 1.60. The molecule has 0 saturated carbocycles. The molecule has 2 N–H and O–H groups in total. The Kier molecular flexibility index (Phi) is 9.53. The predicted octanol–water partition coefficient (Wildman–Crippen LogP) is 2.71. The molecule has 4 aromatic rings. The molecule has 3 aromatic carbocycles. The molecule has 4 rings (SSSR count). The Morgan fingerprint density at radius 3 is 2.12 bits per heavy atom. The summed E-state index contributed by atoms with van der Waals surface area (Å²) in [5, 5.41) is 24.2. The first-order valence-corrected chi connectivity index (χ1v) is 13.2. The number of rotatable bonds is 12. The fourth-order valence-corrected chi connectivity index (χ4v) is 4.70. The van der Waals surface area contributed by atoms with Crippen LogP contribution in [0.25, 0.3) is 17.1 Å². The summed E-state index contributed by atoms with van der Waals surface area (Å²) in [7, 11) is 7.42. The van der Waals surface area contributed by atoms with Gasteiger partial charge in [-0.2, -0.15) is 9.67 Å². The highest BCUT2D eigenvalue weighted by Gasteiger charge is 2.27. The molecule has 13 heteroatoms. The second kappa shape index (κ2) is 13.4. The van der Waals surface area contributed by atoms with Crippen LogP contribution in [0.2, 0.25) is 0 Å². The Bertz CT molecular complexity index is 1490. The van der Waals surface area contributed by atoms with Gasteiger partial charge in [-0.15, -0.1) is 5.10 Å². The fourth-order valence-electron chi connectivity index (χ4n) is 3.94. The lowest BCUT2D eigenvalue weighted by atomic mass is 10.1. The highest BCUT2D eigenvalue weighted by molar-refractivity contribution is 7.99. The lowest BCUT2D eigenvalue weighted by Crippen LogP contribution is -2.34. The van der Waals surface area contributed by atoms with Gasteiger partial charge in [-0.1, -0.05) is 18.2 Å². The number of aromatic nitrogens is 3. The molecular weight excluding hydrogens is 550 g/mol. The molecule has 12 nitrogen and oxygen atoms in total. The molecule has 0 unspecified atom stereocenters. The smallest absolute Gasteiger partial charge is 0.342 e. The summed E-state index contributed by atoms with van der Waals surface area (Å²) < 4.78 is 28.6. The SMILES string of the molecule is COc1cc(C=NNC(=O)CSc2n[nH]c(-c3cc(OC)c(OC)c(OC)c3)[n+]2-c2ccccc2)cc(OC)c1[O-]. The fraction of sp³-hybridized carbons (Fsp3) is 0.214.